The Morgan fingerprint density at radius 3 is 2.06 bits per heavy atom. The van der Waals surface area contributed by atoms with Crippen LogP contribution in [0.2, 0.25) is 17.3 Å². The Balaban J connectivity index is 0.000000190. The van der Waals surface area contributed by atoms with Gasteiger partial charge < -0.3 is 9.40 Å². The van der Waals surface area contributed by atoms with Crippen molar-refractivity contribution in [1.82, 2.24) is 9.97 Å². The molecule has 3 nitrogen and oxygen atoms in total. The van der Waals surface area contributed by atoms with Crippen LogP contribution in [0, 0.1) is 32.8 Å². The third-order valence-corrected chi connectivity index (χ3v) is 14.3. The minimum atomic E-state index is -2.19. The van der Waals surface area contributed by atoms with Gasteiger partial charge in [0.2, 0.25) is 0 Å². The van der Waals surface area contributed by atoms with Crippen molar-refractivity contribution in [2.45, 2.75) is 57.7 Å². The van der Waals surface area contributed by atoms with Crippen LogP contribution in [0.1, 0.15) is 46.1 Å². The van der Waals surface area contributed by atoms with Crippen LogP contribution in [0.25, 0.3) is 66.7 Å². The second kappa shape index (κ2) is 16.4. The van der Waals surface area contributed by atoms with Crippen LogP contribution in [0.4, 0.5) is 0 Å². The van der Waals surface area contributed by atoms with E-state index in [1.165, 1.54) is 26.6 Å². The fraction of sp³-hybridized carbons (Fsp3) is 0.184. The molecule has 0 aliphatic carbocycles. The average Bonchev–Trinajstić information content (AvgIpc) is 3.56. The molecule has 0 spiro atoms. The first-order valence-corrected chi connectivity index (χ1v) is 25.5. The minimum Gasteiger partial charge on any atom is 0 e. The first kappa shape index (κ1) is 35.1. The van der Waals surface area contributed by atoms with Gasteiger partial charge in [-0.1, -0.05) is 73.3 Å². The molecule has 0 fully saturated rings. The zero-order chi connectivity index (χ0) is 39.8. The van der Waals surface area contributed by atoms with Crippen molar-refractivity contribution in [1.29, 1.82) is 0 Å². The summed E-state index contributed by atoms with van der Waals surface area (Å²) in [7, 11) is 0. The van der Waals surface area contributed by atoms with Crippen molar-refractivity contribution in [3.05, 3.63) is 162 Å². The number of rotatable bonds is 6. The fourth-order valence-electron chi connectivity index (χ4n) is 7.02. The number of hydrogen-bond acceptors (Lipinski definition) is 3. The van der Waals surface area contributed by atoms with Crippen LogP contribution >= 0.6 is 0 Å². The standard InChI is InChI=1S/C27H22NO.C22H24GeN.Ir/c1-17(2)24-15-25(28-16-18(24)3)23-11-7-10-22-21-13-12-20(14-26(21)29-27(22)23)19-8-5-4-6-9-19;1-16-11-12-19(14-20(16)18-9-7-6-8-10-18)22-13-17(2)21(15-24-22)23(3,4)5;/h4-10,12-17H,1-3H3;6-11,13-15H,1-5H3;/q2*-1;/i;1D3;. The molecule has 0 atom stereocenters. The summed E-state index contributed by atoms with van der Waals surface area (Å²) in [5.41, 5.74) is 13.2. The molecule has 0 amide bonds. The molecule has 3 aromatic heterocycles. The van der Waals surface area contributed by atoms with E-state index in [1.54, 1.807) is 6.07 Å². The van der Waals surface area contributed by atoms with Crippen LogP contribution in [0.3, 0.4) is 0 Å². The molecular weight excluding hydrogens is 897 g/mol. The molecule has 273 valence electrons. The maximum atomic E-state index is 7.87. The molecule has 0 N–H and O–H groups in total. The summed E-state index contributed by atoms with van der Waals surface area (Å²) in [5.74, 6) is 7.51. The Labute approximate surface area is 340 Å². The predicted octanol–water partition coefficient (Wildman–Crippen LogP) is 12.9. The number of benzene rings is 5. The molecule has 0 aliphatic rings. The van der Waals surface area contributed by atoms with E-state index in [2.05, 4.69) is 128 Å². The maximum absolute atomic E-state index is 7.87. The van der Waals surface area contributed by atoms with Gasteiger partial charge in [-0.3, -0.25) is 0 Å². The topological polar surface area (TPSA) is 38.9 Å². The maximum Gasteiger partial charge on any atom is 0 e. The molecule has 5 aromatic carbocycles. The van der Waals surface area contributed by atoms with Gasteiger partial charge in [0.15, 0.2) is 0 Å². The number of furan rings is 1. The van der Waals surface area contributed by atoms with E-state index in [9.17, 15) is 0 Å². The molecule has 0 aliphatic heterocycles. The van der Waals surface area contributed by atoms with E-state index < -0.39 is 20.1 Å². The van der Waals surface area contributed by atoms with E-state index in [0.29, 0.717) is 17.0 Å². The molecule has 0 saturated carbocycles. The first-order valence-electron chi connectivity index (χ1n) is 19.7. The molecule has 8 aromatic rings. The summed E-state index contributed by atoms with van der Waals surface area (Å²) in [6.45, 7) is 6.48. The molecular formula is C49H46GeIrN2O-2. The number of nitrogens with zero attached hydrogens (tertiary/aromatic N) is 2. The number of aryl methyl sites for hydroxylation is 3. The second-order valence-electron chi connectivity index (χ2n) is 15.0. The van der Waals surface area contributed by atoms with Crippen molar-refractivity contribution in [2.24, 2.45) is 0 Å². The van der Waals surface area contributed by atoms with Crippen LogP contribution in [0.15, 0.2) is 132 Å². The van der Waals surface area contributed by atoms with E-state index in [1.807, 2.05) is 60.9 Å². The van der Waals surface area contributed by atoms with Gasteiger partial charge in [0.05, 0.1) is 5.58 Å². The summed E-state index contributed by atoms with van der Waals surface area (Å²) >= 11 is -1.96. The molecule has 0 unspecified atom stereocenters. The van der Waals surface area contributed by atoms with E-state index in [0.717, 1.165) is 55.6 Å². The number of hydrogen-bond donors (Lipinski definition) is 0. The quantitative estimate of drug-likeness (QED) is 0.123. The summed E-state index contributed by atoms with van der Waals surface area (Å²) in [6.07, 6.45) is 3.95. The Morgan fingerprint density at radius 2 is 1.39 bits per heavy atom. The minimum absolute atomic E-state index is 0. The zero-order valence-electron chi connectivity index (χ0n) is 34.8. The summed E-state index contributed by atoms with van der Waals surface area (Å²) in [4.78, 5) is 9.36. The normalized spacial score (nSPS) is 12.4. The van der Waals surface area contributed by atoms with E-state index >= 15 is 0 Å². The zero-order valence-corrected chi connectivity index (χ0v) is 36.3. The summed E-state index contributed by atoms with van der Waals surface area (Å²) in [6, 6.07) is 44.8. The Bertz CT molecular complexity index is 2670. The molecule has 5 heteroatoms. The van der Waals surface area contributed by atoms with Gasteiger partial charge in [-0.05, 0) is 46.9 Å². The largest absolute Gasteiger partial charge is 0 e. The molecule has 1 radical (unpaired) electrons. The van der Waals surface area contributed by atoms with E-state index in [-0.39, 0.29) is 20.1 Å². The van der Waals surface area contributed by atoms with Gasteiger partial charge in [0.25, 0.3) is 0 Å². The van der Waals surface area contributed by atoms with E-state index in [4.69, 9.17) is 8.53 Å². The molecule has 3 heterocycles. The van der Waals surface area contributed by atoms with Crippen LogP contribution < -0.4 is 4.40 Å². The van der Waals surface area contributed by atoms with Gasteiger partial charge >= 0.3 is 152 Å². The first-order chi connectivity index (χ1) is 26.7. The van der Waals surface area contributed by atoms with Crippen LogP contribution in [-0.2, 0) is 20.1 Å². The Kier molecular flexibility index (Phi) is 10.7. The summed E-state index contributed by atoms with van der Waals surface area (Å²) in [5, 5.41) is 2.22. The smallest absolute Gasteiger partial charge is 0 e. The molecule has 0 bridgehead atoms. The van der Waals surface area contributed by atoms with Gasteiger partial charge in [0, 0.05) is 31.7 Å². The van der Waals surface area contributed by atoms with Crippen molar-refractivity contribution in [3.63, 3.8) is 0 Å². The van der Waals surface area contributed by atoms with Crippen molar-refractivity contribution in [2.75, 3.05) is 0 Å². The third-order valence-electron chi connectivity index (χ3n) is 9.79. The molecule has 8 rings (SSSR count). The van der Waals surface area contributed by atoms with Gasteiger partial charge in [0.1, 0.15) is 5.58 Å². The Morgan fingerprint density at radius 1 is 0.685 bits per heavy atom. The monoisotopic (exact) mass is 948 g/mol. The summed E-state index contributed by atoms with van der Waals surface area (Å²) < 4.78 is 31.4. The van der Waals surface area contributed by atoms with Crippen LogP contribution in [-0.4, -0.2) is 23.2 Å². The van der Waals surface area contributed by atoms with Crippen molar-refractivity contribution >= 4 is 39.6 Å². The molecule has 54 heavy (non-hydrogen) atoms. The Hall–Kier alpha value is -4.61. The van der Waals surface area contributed by atoms with Crippen molar-refractivity contribution < 1.29 is 28.6 Å². The number of aromatic nitrogens is 2. The predicted molar refractivity (Wildman–Crippen MR) is 226 cm³/mol. The van der Waals surface area contributed by atoms with Gasteiger partial charge in [-0.25, -0.2) is 0 Å². The third kappa shape index (κ3) is 8.22. The van der Waals surface area contributed by atoms with Crippen molar-refractivity contribution in [3.8, 4) is 44.8 Å². The fourth-order valence-corrected chi connectivity index (χ4v) is 10.6. The number of fused-ring (bicyclic) bond motifs is 3. The van der Waals surface area contributed by atoms with Gasteiger partial charge in [-0.15, -0.1) is 18.2 Å². The average molecular weight is 947 g/mol. The van der Waals surface area contributed by atoms with Gasteiger partial charge in [-0.2, -0.15) is 0 Å². The second-order valence-corrected chi connectivity index (χ2v) is 25.6. The number of pyridine rings is 2. The SMILES string of the molecule is Cc1cnc(-c2[c-]ccc3c2oc2cc(-c4ccccc4)ccc23)cc1C(C)C.[2H]C([2H])([2H])c1c[c-]c(-c2cc(C)[c]([Ge]([CH3])([CH3])[CH3])cn2)cc1-c1ccccc1.[Ir]. The van der Waals surface area contributed by atoms with Crippen LogP contribution in [0.5, 0.6) is 0 Å². The molecule has 0 saturated heterocycles.